The van der Waals surface area contributed by atoms with Crippen molar-refractivity contribution in [2.75, 3.05) is 24.2 Å². The van der Waals surface area contributed by atoms with Gasteiger partial charge in [-0.15, -0.1) is 0 Å². The van der Waals surface area contributed by atoms with E-state index in [-0.39, 0.29) is 16.6 Å². The monoisotopic (exact) mass is 408 g/mol. The highest BCUT2D eigenvalue weighted by Crippen LogP contribution is 2.24. The Morgan fingerprint density at radius 2 is 1.89 bits per heavy atom. The van der Waals surface area contributed by atoms with Gasteiger partial charge in [-0.05, 0) is 37.6 Å². The molecule has 27 heavy (non-hydrogen) atoms. The van der Waals surface area contributed by atoms with Crippen molar-refractivity contribution in [1.82, 2.24) is 14.3 Å². The molecule has 1 aromatic carbocycles. The number of nitrogens with one attached hydrogen (secondary N) is 1. The second-order valence-corrected chi connectivity index (χ2v) is 8.74. The normalized spacial score (nSPS) is 11.6. The Balaban J connectivity index is 2.12. The zero-order valence-electron chi connectivity index (χ0n) is 15.9. The average Bonchev–Trinajstić information content (AvgIpc) is 2.62. The molecule has 0 fully saturated rings. The maximum absolute atomic E-state index is 12.8. The van der Waals surface area contributed by atoms with Gasteiger partial charge >= 0.3 is 0 Å². The SMILES string of the molecule is CCN(CC)S(=O)(=O)c1cc(NC(=O)CSc2nccc(C)n2)ccc1C. The number of anilines is 1. The molecule has 0 saturated heterocycles. The minimum atomic E-state index is -3.59. The molecule has 0 aliphatic carbocycles. The van der Waals surface area contributed by atoms with Gasteiger partial charge < -0.3 is 5.32 Å². The molecular formula is C18H24N4O3S2. The van der Waals surface area contributed by atoms with Crippen molar-refractivity contribution >= 4 is 33.4 Å². The molecule has 0 saturated carbocycles. The second kappa shape index (κ2) is 9.29. The van der Waals surface area contributed by atoms with Crippen LogP contribution >= 0.6 is 11.8 Å². The maximum atomic E-state index is 12.8. The molecule has 1 heterocycles. The van der Waals surface area contributed by atoms with Crippen molar-refractivity contribution in [3.63, 3.8) is 0 Å². The van der Waals surface area contributed by atoms with E-state index in [0.717, 1.165) is 5.69 Å². The molecule has 0 spiro atoms. The van der Waals surface area contributed by atoms with Crippen LogP contribution in [0.2, 0.25) is 0 Å². The lowest BCUT2D eigenvalue weighted by atomic mass is 10.2. The molecule has 7 nitrogen and oxygen atoms in total. The molecule has 0 aliphatic heterocycles. The van der Waals surface area contributed by atoms with Gasteiger partial charge in [0.25, 0.3) is 0 Å². The molecular weight excluding hydrogens is 384 g/mol. The third-order valence-corrected chi connectivity index (χ3v) is 6.95. The Morgan fingerprint density at radius 3 is 2.52 bits per heavy atom. The first-order valence-corrected chi connectivity index (χ1v) is 11.0. The number of aromatic nitrogens is 2. The number of benzene rings is 1. The van der Waals surface area contributed by atoms with E-state index in [9.17, 15) is 13.2 Å². The summed E-state index contributed by atoms with van der Waals surface area (Å²) in [6, 6.07) is 6.69. The Kier molecular flexibility index (Phi) is 7.34. The smallest absolute Gasteiger partial charge is 0.243 e. The number of hydrogen-bond acceptors (Lipinski definition) is 6. The summed E-state index contributed by atoms with van der Waals surface area (Å²) in [5.74, 6) is -0.115. The molecule has 2 aromatic rings. The van der Waals surface area contributed by atoms with Crippen LogP contribution in [0.15, 0.2) is 40.5 Å². The van der Waals surface area contributed by atoms with Crippen LogP contribution < -0.4 is 5.32 Å². The summed E-state index contributed by atoms with van der Waals surface area (Å²) in [5.41, 5.74) is 1.92. The predicted molar refractivity (Wildman–Crippen MR) is 107 cm³/mol. The molecule has 0 aliphatic rings. The van der Waals surface area contributed by atoms with E-state index in [1.54, 1.807) is 45.2 Å². The van der Waals surface area contributed by atoms with Crippen LogP contribution in [0.4, 0.5) is 5.69 Å². The molecule has 1 aromatic heterocycles. The van der Waals surface area contributed by atoms with E-state index >= 15 is 0 Å². The van der Waals surface area contributed by atoms with E-state index < -0.39 is 10.0 Å². The highest BCUT2D eigenvalue weighted by atomic mass is 32.2. The summed E-state index contributed by atoms with van der Waals surface area (Å²) in [4.78, 5) is 20.8. The van der Waals surface area contributed by atoms with Gasteiger partial charge in [0.15, 0.2) is 5.16 Å². The summed E-state index contributed by atoms with van der Waals surface area (Å²) in [7, 11) is -3.59. The first kappa shape index (κ1) is 21.3. The quantitative estimate of drug-likeness (QED) is 0.533. The second-order valence-electron chi connectivity index (χ2n) is 5.89. The Labute approximate surface area is 164 Å². The van der Waals surface area contributed by atoms with Crippen molar-refractivity contribution < 1.29 is 13.2 Å². The number of rotatable bonds is 8. The minimum Gasteiger partial charge on any atom is -0.325 e. The Morgan fingerprint density at radius 1 is 1.19 bits per heavy atom. The lowest BCUT2D eigenvalue weighted by Crippen LogP contribution is -2.31. The standard InChI is InChI=1S/C18H24N4O3S2/c1-5-22(6-2)27(24,25)16-11-15(8-7-13(16)3)21-17(23)12-26-18-19-10-9-14(4)20-18/h7-11H,5-6,12H2,1-4H3,(H,21,23). The summed E-state index contributed by atoms with van der Waals surface area (Å²) in [6.07, 6.45) is 1.65. The minimum absolute atomic E-state index is 0.134. The number of carbonyl (C=O) groups is 1. The predicted octanol–water partition coefficient (Wildman–Crippen LogP) is 2.85. The molecule has 0 atom stereocenters. The van der Waals surface area contributed by atoms with Gasteiger partial charge in [0.05, 0.1) is 10.6 Å². The van der Waals surface area contributed by atoms with Gasteiger partial charge in [-0.2, -0.15) is 4.31 Å². The van der Waals surface area contributed by atoms with Gasteiger partial charge in [0.1, 0.15) is 0 Å². The van der Waals surface area contributed by atoms with Crippen LogP contribution in [0.3, 0.4) is 0 Å². The first-order valence-electron chi connectivity index (χ1n) is 8.61. The molecule has 0 radical (unpaired) electrons. The molecule has 1 N–H and O–H groups in total. The summed E-state index contributed by atoms with van der Waals surface area (Å²) in [5, 5.41) is 3.27. The summed E-state index contributed by atoms with van der Waals surface area (Å²) in [6.45, 7) is 7.98. The van der Waals surface area contributed by atoms with Crippen LogP contribution in [0.5, 0.6) is 0 Å². The number of thioether (sulfide) groups is 1. The van der Waals surface area contributed by atoms with E-state index in [4.69, 9.17) is 0 Å². The average molecular weight is 409 g/mol. The van der Waals surface area contributed by atoms with Crippen molar-refractivity contribution in [1.29, 1.82) is 0 Å². The number of carbonyl (C=O) groups excluding carboxylic acids is 1. The van der Waals surface area contributed by atoms with Crippen molar-refractivity contribution in [3.05, 3.63) is 41.7 Å². The van der Waals surface area contributed by atoms with Gasteiger partial charge in [-0.1, -0.05) is 31.7 Å². The maximum Gasteiger partial charge on any atom is 0.243 e. The van der Waals surface area contributed by atoms with Gasteiger partial charge in [0.2, 0.25) is 15.9 Å². The molecule has 2 rings (SSSR count). The largest absolute Gasteiger partial charge is 0.325 e. The third kappa shape index (κ3) is 5.50. The highest BCUT2D eigenvalue weighted by Gasteiger charge is 2.24. The number of hydrogen-bond donors (Lipinski definition) is 1. The summed E-state index contributed by atoms with van der Waals surface area (Å²) < 4.78 is 27.0. The van der Waals surface area contributed by atoms with Gasteiger partial charge in [0, 0.05) is 30.7 Å². The first-order chi connectivity index (χ1) is 12.8. The van der Waals surface area contributed by atoms with Gasteiger partial charge in [-0.25, -0.2) is 18.4 Å². The number of nitrogens with zero attached hydrogens (tertiary/aromatic N) is 3. The zero-order chi connectivity index (χ0) is 20.0. The molecule has 146 valence electrons. The molecule has 0 unspecified atom stereocenters. The topological polar surface area (TPSA) is 92.3 Å². The number of aryl methyl sites for hydroxylation is 2. The van der Waals surface area contributed by atoms with Crippen LogP contribution in [-0.4, -0.2) is 47.4 Å². The van der Waals surface area contributed by atoms with Crippen molar-refractivity contribution in [3.8, 4) is 0 Å². The van der Waals surface area contributed by atoms with Crippen LogP contribution in [0.1, 0.15) is 25.1 Å². The number of sulfonamides is 1. The van der Waals surface area contributed by atoms with E-state index in [1.807, 2.05) is 6.92 Å². The van der Waals surface area contributed by atoms with Crippen LogP contribution in [0.25, 0.3) is 0 Å². The summed E-state index contributed by atoms with van der Waals surface area (Å²) >= 11 is 1.23. The zero-order valence-corrected chi connectivity index (χ0v) is 17.5. The van der Waals surface area contributed by atoms with Gasteiger partial charge in [-0.3, -0.25) is 4.79 Å². The van der Waals surface area contributed by atoms with E-state index in [2.05, 4.69) is 15.3 Å². The third-order valence-electron chi connectivity index (χ3n) is 3.90. The fourth-order valence-corrected chi connectivity index (χ4v) is 4.87. The Bertz CT molecular complexity index is 913. The number of amides is 1. The molecule has 0 bridgehead atoms. The fourth-order valence-electron chi connectivity index (χ4n) is 2.48. The molecule has 1 amide bonds. The lowest BCUT2D eigenvalue weighted by Gasteiger charge is -2.20. The van der Waals surface area contributed by atoms with Crippen LogP contribution in [-0.2, 0) is 14.8 Å². The van der Waals surface area contributed by atoms with Crippen molar-refractivity contribution in [2.24, 2.45) is 0 Å². The van der Waals surface area contributed by atoms with Crippen molar-refractivity contribution in [2.45, 2.75) is 37.7 Å². The lowest BCUT2D eigenvalue weighted by molar-refractivity contribution is -0.113. The Hall–Kier alpha value is -1.97. The highest BCUT2D eigenvalue weighted by molar-refractivity contribution is 7.99. The van der Waals surface area contributed by atoms with E-state index in [0.29, 0.717) is 29.5 Å². The molecule has 9 heteroatoms. The fraction of sp³-hybridized carbons (Fsp3) is 0.389. The van der Waals surface area contributed by atoms with E-state index in [1.165, 1.54) is 22.1 Å². The van der Waals surface area contributed by atoms with Crippen LogP contribution in [0, 0.1) is 13.8 Å².